The molecule has 0 fully saturated rings. The molecule has 0 radical (unpaired) electrons. The summed E-state index contributed by atoms with van der Waals surface area (Å²) >= 11 is 5.56. The van der Waals surface area contributed by atoms with Crippen LogP contribution in [0.25, 0.3) is 0 Å². The van der Waals surface area contributed by atoms with Crippen molar-refractivity contribution in [2.24, 2.45) is 0 Å². The smallest absolute Gasteiger partial charge is 0.264 e. The molecule has 0 aliphatic carbocycles. The minimum absolute atomic E-state index is 0.161. The molecule has 0 amide bonds. The van der Waals surface area contributed by atoms with Crippen molar-refractivity contribution in [1.82, 2.24) is 0 Å². The molecule has 3 nitrogen and oxygen atoms in total. The van der Waals surface area contributed by atoms with Gasteiger partial charge in [0.1, 0.15) is 5.92 Å². The minimum atomic E-state index is -4.67. The molecule has 0 aromatic heterocycles. The van der Waals surface area contributed by atoms with Crippen LogP contribution in [0.2, 0.25) is 5.02 Å². The molecule has 1 aromatic rings. The van der Waals surface area contributed by atoms with E-state index in [4.69, 9.17) is 11.6 Å². The summed E-state index contributed by atoms with van der Waals surface area (Å²) in [5.74, 6) is -2.13. The van der Waals surface area contributed by atoms with Crippen molar-refractivity contribution < 1.29 is 18.1 Å². The Morgan fingerprint density at radius 3 is 2.12 bits per heavy atom. The van der Waals surface area contributed by atoms with Crippen molar-refractivity contribution in [3.8, 4) is 0 Å². The van der Waals surface area contributed by atoms with Crippen molar-refractivity contribution in [3.05, 3.63) is 45.0 Å². The predicted molar refractivity (Wildman–Crippen MR) is 56.7 cm³/mol. The van der Waals surface area contributed by atoms with Crippen LogP contribution in [0.5, 0.6) is 0 Å². The summed E-state index contributed by atoms with van der Waals surface area (Å²) < 4.78 is 38.3. The largest absolute Gasteiger partial charge is 0.402 e. The number of benzene rings is 1. The summed E-state index contributed by atoms with van der Waals surface area (Å²) in [5.41, 5.74) is -0.161. The van der Waals surface area contributed by atoms with Crippen molar-refractivity contribution >= 4 is 11.6 Å². The van der Waals surface area contributed by atoms with E-state index in [9.17, 15) is 23.3 Å². The second-order valence-corrected chi connectivity index (χ2v) is 4.03. The molecule has 2 atom stereocenters. The number of nitro groups is 1. The molecule has 0 saturated heterocycles. The molecule has 1 unspecified atom stereocenters. The lowest BCUT2D eigenvalue weighted by Crippen LogP contribution is -2.35. The van der Waals surface area contributed by atoms with Gasteiger partial charge in [0.05, 0.1) is 0 Å². The maximum Gasteiger partial charge on any atom is 0.402 e. The molecule has 7 heteroatoms. The van der Waals surface area contributed by atoms with Gasteiger partial charge in [-0.2, -0.15) is 13.2 Å². The molecular formula is C10H9ClF3NO2. The lowest BCUT2D eigenvalue weighted by Gasteiger charge is -2.21. The Labute approximate surface area is 100 Å². The molecule has 1 rings (SSSR count). The van der Waals surface area contributed by atoms with Gasteiger partial charge in [0.15, 0.2) is 0 Å². The normalized spacial score (nSPS) is 15.4. The number of nitrogens with zero attached hydrogens (tertiary/aromatic N) is 1. The Kier molecular flexibility index (Phi) is 3.98. The molecule has 0 heterocycles. The average Bonchev–Trinajstić information content (AvgIpc) is 2.19. The van der Waals surface area contributed by atoms with E-state index in [1.807, 2.05) is 0 Å². The molecule has 0 saturated carbocycles. The van der Waals surface area contributed by atoms with Gasteiger partial charge in [-0.1, -0.05) is 23.7 Å². The Bertz CT molecular complexity index is 405. The summed E-state index contributed by atoms with van der Waals surface area (Å²) in [5, 5.41) is 10.8. The van der Waals surface area contributed by atoms with E-state index in [0.717, 1.165) is 19.1 Å². The third-order valence-electron chi connectivity index (χ3n) is 2.40. The maximum absolute atomic E-state index is 12.8. The van der Waals surface area contributed by atoms with E-state index in [2.05, 4.69) is 0 Å². The quantitative estimate of drug-likeness (QED) is 0.620. The predicted octanol–water partition coefficient (Wildman–Crippen LogP) is 3.65. The zero-order valence-corrected chi connectivity index (χ0v) is 9.50. The van der Waals surface area contributed by atoms with Crippen LogP contribution in [-0.4, -0.2) is 17.1 Å². The van der Waals surface area contributed by atoms with Crippen LogP contribution in [0.15, 0.2) is 24.3 Å². The van der Waals surface area contributed by atoms with Crippen LogP contribution in [-0.2, 0) is 0 Å². The number of hydrogen-bond donors (Lipinski definition) is 0. The monoisotopic (exact) mass is 267 g/mol. The molecule has 0 aliphatic rings. The standard InChI is InChI=1S/C10H9ClF3NO2/c1-6(15(16)17)9(10(12,13)14)7-2-4-8(11)5-3-7/h2-6,9H,1H3/t6?,9-/m0/s1. The van der Waals surface area contributed by atoms with Crippen LogP contribution >= 0.6 is 11.6 Å². The Morgan fingerprint density at radius 2 is 1.76 bits per heavy atom. The van der Waals surface area contributed by atoms with Gasteiger partial charge < -0.3 is 0 Å². The first kappa shape index (κ1) is 13.8. The molecule has 0 N–H and O–H groups in total. The van der Waals surface area contributed by atoms with Gasteiger partial charge in [-0.3, -0.25) is 10.1 Å². The summed E-state index contributed by atoms with van der Waals surface area (Å²) in [6.07, 6.45) is -4.67. The maximum atomic E-state index is 12.8. The highest BCUT2D eigenvalue weighted by Gasteiger charge is 2.49. The van der Waals surface area contributed by atoms with Gasteiger partial charge in [0.25, 0.3) is 0 Å². The highest BCUT2D eigenvalue weighted by Crippen LogP contribution is 2.38. The van der Waals surface area contributed by atoms with E-state index in [1.54, 1.807) is 0 Å². The summed E-state index contributed by atoms with van der Waals surface area (Å²) in [6, 6.07) is 3.13. The number of alkyl halides is 3. The van der Waals surface area contributed by atoms with E-state index >= 15 is 0 Å². The second-order valence-electron chi connectivity index (χ2n) is 3.60. The summed E-state index contributed by atoms with van der Waals surface area (Å²) in [6.45, 7) is 0.937. The third kappa shape index (κ3) is 3.33. The molecular weight excluding hydrogens is 259 g/mol. The first-order valence-electron chi connectivity index (χ1n) is 4.69. The number of rotatable bonds is 3. The molecule has 1 aromatic carbocycles. The number of halogens is 4. The number of hydrogen-bond acceptors (Lipinski definition) is 2. The van der Waals surface area contributed by atoms with Gasteiger partial charge in [0.2, 0.25) is 6.04 Å². The minimum Gasteiger partial charge on any atom is -0.264 e. The molecule has 17 heavy (non-hydrogen) atoms. The van der Waals surface area contributed by atoms with E-state index in [-0.39, 0.29) is 10.6 Å². The molecule has 94 valence electrons. The van der Waals surface area contributed by atoms with Gasteiger partial charge in [0, 0.05) is 16.9 Å². The van der Waals surface area contributed by atoms with Gasteiger partial charge >= 0.3 is 6.18 Å². The first-order chi connectivity index (χ1) is 7.73. The zero-order valence-electron chi connectivity index (χ0n) is 8.74. The lowest BCUT2D eigenvalue weighted by atomic mass is 9.92. The molecule has 0 aliphatic heterocycles. The van der Waals surface area contributed by atoms with Gasteiger partial charge in [-0.05, 0) is 17.7 Å². The topological polar surface area (TPSA) is 43.1 Å². The van der Waals surface area contributed by atoms with Crippen molar-refractivity contribution in [2.75, 3.05) is 0 Å². The van der Waals surface area contributed by atoms with Crippen molar-refractivity contribution in [1.29, 1.82) is 0 Å². The van der Waals surface area contributed by atoms with Gasteiger partial charge in [-0.15, -0.1) is 0 Å². The second kappa shape index (κ2) is 4.91. The Hall–Kier alpha value is -1.30. The SMILES string of the molecule is CC([C@@H](c1ccc(Cl)cc1)C(F)(F)F)[N+](=O)[O-]. The van der Waals surface area contributed by atoms with Crippen LogP contribution < -0.4 is 0 Å². The van der Waals surface area contributed by atoms with Crippen molar-refractivity contribution in [3.63, 3.8) is 0 Å². The Morgan fingerprint density at radius 1 is 1.29 bits per heavy atom. The fraction of sp³-hybridized carbons (Fsp3) is 0.400. The van der Waals surface area contributed by atoms with Gasteiger partial charge in [-0.25, -0.2) is 0 Å². The van der Waals surface area contributed by atoms with Crippen LogP contribution in [0.3, 0.4) is 0 Å². The van der Waals surface area contributed by atoms with Crippen LogP contribution in [0, 0.1) is 10.1 Å². The fourth-order valence-corrected chi connectivity index (χ4v) is 1.66. The van der Waals surface area contributed by atoms with Crippen LogP contribution in [0.4, 0.5) is 13.2 Å². The van der Waals surface area contributed by atoms with E-state index in [0.29, 0.717) is 0 Å². The summed E-state index contributed by atoms with van der Waals surface area (Å²) in [7, 11) is 0. The zero-order chi connectivity index (χ0) is 13.2. The van der Waals surface area contributed by atoms with Crippen LogP contribution in [0.1, 0.15) is 18.4 Å². The average molecular weight is 268 g/mol. The molecule has 0 spiro atoms. The highest BCUT2D eigenvalue weighted by atomic mass is 35.5. The highest BCUT2D eigenvalue weighted by molar-refractivity contribution is 6.30. The first-order valence-corrected chi connectivity index (χ1v) is 5.07. The third-order valence-corrected chi connectivity index (χ3v) is 2.65. The fourth-order valence-electron chi connectivity index (χ4n) is 1.53. The van der Waals surface area contributed by atoms with E-state index in [1.165, 1.54) is 12.1 Å². The Balaban J connectivity index is 3.15. The van der Waals surface area contributed by atoms with E-state index < -0.39 is 23.1 Å². The summed E-state index contributed by atoms with van der Waals surface area (Å²) in [4.78, 5) is 9.57. The van der Waals surface area contributed by atoms with Crippen molar-refractivity contribution in [2.45, 2.75) is 25.1 Å². The lowest BCUT2D eigenvalue weighted by molar-refractivity contribution is -0.529. The molecule has 0 bridgehead atoms.